The quantitative estimate of drug-likeness (QED) is 0.779. The Morgan fingerprint density at radius 1 is 1.33 bits per heavy atom. The summed E-state index contributed by atoms with van der Waals surface area (Å²) in [6, 6.07) is 11.3. The molecule has 0 bridgehead atoms. The lowest BCUT2D eigenvalue weighted by Gasteiger charge is -2.04. The van der Waals surface area contributed by atoms with Gasteiger partial charge in [-0.15, -0.1) is 0 Å². The summed E-state index contributed by atoms with van der Waals surface area (Å²) < 4.78 is 2.91. The molecule has 106 valence electrons. The molecule has 1 aromatic carbocycles. The fraction of sp³-hybridized carbons (Fsp3) is 0.125. The molecule has 0 unspecified atom stereocenters. The van der Waals surface area contributed by atoms with Crippen LogP contribution in [0.1, 0.15) is 17.3 Å². The van der Waals surface area contributed by atoms with Gasteiger partial charge in [-0.25, -0.2) is 4.98 Å². The third-order valence-corrected chi connectivity index (χ3v) is 3.79. The van der Waals surface area contributed by atoms with Crippen molar-refractivity contribution in [3.63, 3.8) is 0 Å². The Labute approximate surface area is 130 Å². The lowest BCUT2D eigenvalue weighted by molar-refractivity contribution is 0.102. The van der Waals surface area contributed by atoms with E-state index in [9.17, 15) is 4.79 Å². The number of anilines is 1. The standard InChI is InChI=1S/C16H14BrN3O/c1-2-20-10-14(13-7-4-8-18-15(13)20)16(21)19-12-6-3-5-11(17)9-12/h3-10H,2H2,1H3,(H,19,21). The molecule has 0 aliphatic heterocycles. The summed E-state index contributed by atoms with van der Waals surface area (Å²) in [6.45, 7) is 2.81. The molecule has 5 heteroatoms. The van der Waals surface area contributed by atoms with Crippen LogP contribution in [0.4, 0.5) is 5.69 Å². The summed E-state index contributed by atoms with van der Waals surface area (Å²) in [5, 5.41) is 3.79. The number of nitrogens with one attached hydrogen (secondary N) is 1. The van der Waals surface area contributed by atoms with Crippen molar-refractivity contribution in [2.24, 2.45) is 0 Å². The molecule has 0 saturated carbocycles. The fourth-order valence-corrected chi connectivity index (χ4v) is 2.71. The van der Waals surface area contributed by atoms with Crippen molar-refractivity contribution in [1.29, 1.82) is 0 Å². The topological polar surface area (TPSA) is 46.9 Å². The zero-order chi connectivity index (χ0) is 14.8. The molecule has 0 radical (unpaired) electrons. The van der Waals surface area contributed by atoms with Crippen LogP contribution < -0.4 is 5.32 Å². The summed E-state index contributed by atoms with van der Waals surface area (Å²) in [5.74, 6) is -0.127. The van der Waals surface area contributed by atoms with Crippen molar-refractivity contribution in [2.45, 2.75) is 13.5 Å². The number of benzene rings is 1. The third kappa shape index (κ3) is 2.69. The second-order valence-electron chi connectivity index (χ2n) is 4.67. The second-order valence-corrected chi connectivity index (χ2v) is 5.58. The molecule has 4 nitrogen and oxygen atoms in total. The van der Waals surface area contributed by atoms with Crippen molar-refractivity contribution < 1.29 is 4.79 Å². The summed E-state index contributed by atoms with van der Waals surface area (Å²) in [7, 11) is 0. The molecule has 0 aliphatic rings. The average molecular weight is 344 g/mol. The Bertz CT molecular complexity index is 810. The van der Waals surface area contributed by atoms with E-state index < -0.39 is 0 Å². The molecule has 3 rings (SSSR count). The lowest BCUT2D eigenvalue weighted by atomic mass is 10.2. The number of hydrogen-bond acceptors (Lipinski definition) is 2. The first kappa shape index (κ1) is 13.8. The molecule has 0 spiro atoms. The number of amides is 1. The van der Waals surface area contributed by atoms with Crippen LogP contribution >= 0.6 is 15.9 Å². The number of fused-ring (bicyclic) bond motifs is 1. The van der Waals surface area contributed by atoms with Crippen molar-refractivity contribution >= 4 is 38.6 Å². The predicted molar refractivity (Wildman–Crippen MR) is 87.5 cm³/mol. The molecule has 0 aliphatic carbocycles. The Hall–Kier alpha value is -2.14. The van der Waals surface area contributed by atoms with Crippen molar-refractivity contribution in [1.82, 2.24) is 9.55 Å². The van der Waals surface area contributed by atoms with Gasteiger partial charge in [-0.3, -0.25) is 4.79 Å². The highest BCUT2D eigenvalue weighted by molar-refractivity contribution is 9.10. The summed E-state index contributed by atoms with van der Waals surface area (Å²) in [6.07, 6.45) is 3.59. The fourth-order valence-electron chi connectivity index (χ4n) is 2.31. The van der Waals surface area contributed by atoms with Gasteiger partial charge in [0.05, 0.1) is 5.56 Å². The van der Waals surface area contributed by atoms with E-state index in [1.54, 1.807) is 6.20 Å². The molecule has 1 N–H and O–H groups in total. The van der Waals surface area contributed by atoms with E-state index in [1.807, 2.05) is 54.1 Å². The predicted octanol–water partition coefficient (Wildman–Crippen LogP) is 4.07. The smallest absolute Gasteiger partial charge is 0.257 e. The first-order chi connectivity index (χ1) is 10.2. The number of pyridine rings is 1. The number of rotatable bonds is 3. The maximum Gasteiger partial charge on any atom is 0.257 e. The SMILES string of the molecule is CCn1cc(C(=O)Nc2cccc(Br)c2)c2cccnc21. The first-order valence-electron chi connectivity index (χ1n) is 6.70. The van der Waals surface area contributed by atoms with Gasteiger partial charge >= 0.3 is 0 Å². The van der Waals surface area contributed by atoms with Crippen molar-refractivity contribution in [3.05, 3.63) is 58.8 Å². The largest absolute Gasteiger partial charge is 0.332 e. The second kappa shape index (κ2) is 5.69. The van der Waals surface area contributed by atoms with Crippen LogP contribution in [-0.4, -0.2) is 15.5 Å². The highest BCUT2D eigenvalue weighted by atomic mass is 79.9. The summed E-state index contributed by atoms with van der Waals surface area (Å²) in [5.41, 5.74) is 2.23. The number of nitrogens with zero attached hydrogens (tertiary/aromatic N) is 2. The molecule has 2 heterocycles. The van der Waals surface area contributed by atoms with E-state index in [2.05, 4.69) is 26.2 Å². The third-order valence-electron chi connectivity index (χ3n) is 3.30. The van der Waals surface area contributed by atoms with Crippen LogP contribution in [0.3, 0.4) is 0 Å². The number of carbonyl (C=O) groups is 1. The first-order valence-corrected chi connectivity index (χ1v) is 7.49. The number of hydrogen-bond donors (Lipinski definition) is 1. The number of aromatic nitrogens is 2. The van der Waals surface area contributed by atoms with Gasteiger partial charge in [-0.1, -0.05) is 22.0 Å². The molecule has 0 atom stereocenters. The van der Waals surface area contributed by atoms with Crippen LogP contribution in [0.15, 0.2) is 53.3 Å². The van der Waals surface area contributed by atoms with Gasteiger partial charge in [0.2, 0.25) is 0 Å². The van der Waals surface area contributed by atoms with Gasteiger partial charge in [0.15, 0.2) is 0 Å². The van der Waals surface area contributed by atoms with Gasteiger partial charge in [-0.2, -0.15) is 0 Å². The van der Waals surface area contributed by atoms with Crippen LogP contribution in [0.5, 0.6) is 0 Å². The van der Waals surface area contributed by atoms with Crippen LogP contribution in [0.25, 0.3) is 11.0 Å². The van der Waals surface area contributed by atoms with E-state index in [4.69, 9.17) is 0 Å². The number of aryl methyl sites for hydroxylation is 1. The summed E-state index contributed by atoms with van der Waals surface area (Å²) in [4.78, 5) is 16.9. The van der Waals surface area contributed by atoms with Crippen LogP contribution in [-0.2, 0) is 6.54 Å². The van der Waals surface area contributed by atoms with Gasteiger partial charge in [0.25, 0.3) is 5.91 Å². The maximum atomic E-state index is 12.5. The van der Waals surface area contributed by atoms with Crippen molar-refractivity contribution in [3.8, 4) is 0 Å². The Morgan fingerprint density at radius 3 is 2.95 bits per heavy atom. The zero-order valence-electron chi connectivity index (χ0n) is 11.5. The van der Waals surface area contributed by atoms with E-state index >= 15 is 0 Å². The van der Waals surface area contributed by atoms with Crippen LogP contribution in [0.2, 0.25) is 0 Å². The lowest BCUT2D eigenvalue weighted by Crippen LogP contribution is -2.11. The van der Waals surface area contributed by atoms with Crippen LogP contribution in [0, 0.1) is 0 Å². The zero-order valence-corrected chi connectivity index (χ0v) is 13.1. The highest BCUT2D eigenvalue weighted by Gasteiger charge is 2.15. The molecule has 21 heavy (non-hydrogen) atoms. The minimum atomic E-state index is -0.127. The molecule has 3 aromatic rings. The van der Waals surface area contributed by atoms with Gasteiger partial charge in [0, 0.05) is 34.5 Å². The molecular formula is C16H14BrN3O. The minimum Gasteiger partial charge on any atom is -0.332 e. The van der Waals surface area contributed by atoms with Crippen molar-refractivity contribution in [2.75, 3.05) is 5.32 Å². The molecule has 1 amide bonds. The van der Waals surface area contributed by atoms with Gasteiger partial charge < -0.3 is 9.88 Å². The Kier molecular flexibility index (Phi) is 3.75. The molecule has 0 saturated heterocycles. The van der Waals surface area contributed by atoms with Gasteiger partial charge in [0.1, 0.15) is 5.65 Å². The molecule has 0 fully saturated rings. The molecular weight excluding hydrogens is 330 g/mol. The number of carbonyl (C=O) groups excluding carboxylic acids is 1. The van der Waals surface area contributed by atoms with E-state index in [1.165, 1.54) is 0 Å². The highest BCUT2D eigenvalue weighted by Crippen LogP contribution is 2.22. The Balaban J connectivity index is 1.98. The summed E-state index contributed by atoms with van der Waals surface area (Å²) >= 11 is 3.40. The van der Waals surface area contributed by atoms with E-state index in [-0.39, 0.29) is 5.91 Å². The monoisotopic (exact) mass is 343 g/mol. The normalized spacial score (nSPS) is 10.8. The van der Waals surface area contributed by atoms with E-state index in [0.29, 0.717) is 5.56 Å². The van der Waals surface area contributed by atoms with Gasteiger partial charge in [-0.05, 0) is 37.3 Å². The minimum absolute atomic E-state index is 0.127. The Morgan fingerprint density at radius 2 is 2.19 bits per heavy atom. The maximum absolute atomic E-state index is 12.5. The number of halogens is 1. The average Bonchev–Trinajstić information content (AvgIpc) is 2.86. The molecule has 2 aromatic heterocycles. The van der Waals surface area contributed by atoms with E-state index in [0.717, 1.165) is 27.7 Å².